The maximum absolute atomic E-state index is 13.7. The molecule has 1 atom stereocenters. The van der Waals surface area contributed by atoms with E-state index in [0.717, 1.165) is 5.56 Å². The molecule has 4 aromatic rings. The van der Waals surface area contributed by atoms with Crippen molar-refractivity contribution in [1.82, 2.24) is 14.5 Å². The average molecular weight is 493 g/mol. The van der Waals surface area contributed by atoms with E-state index >= 15 is 0 Å². The number of halogens is 2. The van der Waals surface area contributed by atoms with Gasteiger partial charge in [0.15, 0.2) is 0 Å². The van der Waals surface area contributed by atoms with Crippen LogP contribution in [0.25, 0.3) is 16.6 Å². The molecule has 1 unspecified atom stereocenters. The summed E-state index contributed by atoms with van der Waals surface area (Å²) in [6, 6.07) is 17.2. The Morgan fingerprint density at radius 2 is 1.89 bits per heavy atom. The van der Waals surface area contributed by atoms with E-state index in [9.17, 15) is 14.0 Å². The van der Waals surface area contributed by atoms with E-state index in [1.165, 1.54) is 18.2 Å². The number of carbonyl (C=O) groups is 1. The van der Waals surface area contributed by atoms with Crippen LogP contribution >= 0.6 is 11.6 Å². The molecule has 8 heteroatoms. The fraction of sp³-hybridized carbons (Fsp3) is 0.222. The lowest BCUT2D eigenvalue weighted by atomic mass is 10.1. The molecule has 4 rings (SSSR count). The first-order chi connectivity index (χ1) is 16.8. The number of nitrogens with one attached hydrogen (secondary N) is 1. The van der Waals surface area contributed by atoms with E-state index in [1.807, 2.05) is 45.0 Å². The van der Waals surface area contributed by atoms with Crippen LogP contribution < -0.4 is 10.9 Å². The Morgan fingerprint density at radius 1 is 1.14 bits per heavy atom. The lowest BCUT2D eigenvalue weighted by molar-refractivity contribution is 0.189. The molecule has 0 bridgehead atoms. The standard InChI is InChI=1S/C27H26ClFN4O2/c1-4-14-32(27(35)30-21-7-5-6-20(29)16-21)18(3)25-31-24-15-19(28)10-13-23(24)26(34)33(25)22-11-8-17(2)9-12-22/h5-13,15-16,18H,4,14H2,1-3H3,(H,30,35). The van der Waals surface area contributed by atoms with Crippen molar-refractivity contribution in [3.63, 3.8) is 0 Å². The zero-order chi connectivity index (χ0) is 25.1. The van der Waals surface area contributed by atoms with E-state index in [2.05, 4.69) is 5.32 Å². The van der Waals surface area contributed by atoms with Crippen LogP contribution in [-0.4, -0.2) is 27.0 Å². The van der Waals surface area contributed by atoms with Crippen molar-refractivity contribution in [2.75, 3.05) is 11.9 Å². The number of hydrogen-bond acceptors (Lipinski definition) is 3. The van der Waals surface area contributed by atoms with Gasteiger partial charge in [0.05, 0.1) is 22.6 Å². The molecule has 0 aliphatic rings. The summed E-state index contributed by atoms with van der Waals surface area (Å²) in [5.74, 6) is -0.0457. The highest BCUT2D eigenvalue weighted by molar-refractivity contribution is 6.31. The van der Waals surface area contributed by atoms with Crippen molar-refractivity contribution in [3.05, 3.63) is 99.3 Å². The second-order valence-corrected chi connectivity index (χ2v) is 8.85. The number of benzene rings is 3. The summed E-state index contributed by atoms with van der Waals surface area (Å²) in [7, 11) is 0. The molecule has 0 spiro atoms. The van der Waals surface area contributed by atoms with Gasteiger partial charge in [-0.2, -0.15) is 0 Å². The maximum atomic E-state index is 13.7. The number of aryl methyl sites for hydroxylation is 1. The van der Waals surface area contributed by atoms with E-state index in [1.54, 1.807) is 33.7 Å². The van der Waals surface area contributed by atoms with Gasteiger partial charge in [-0.3, -0.25) is 9.36 Å². The van der Waals surface area contributed by atoms with Crippen LogP contribution in [0.4, 0.5) is 14.9 Å². The first-order valence-corrected chi connectivity index (χ1v) is 11.8. The van der Waals surface area contributed by atoms with Crippen LogP contribution in [0, 0.1) is 12.7 Å². The van der Waals surface area contributed by atoms with Crippen molar-refractivity contribution in [2.45, 2.75) is 33.2 Å². The molecule has 0 fully saturated rings. The summed E-state index contributed by atoms with van der Waals surface area (Å²) in [4.78, 5) is 33.3. The Kier molecular flexibility index (Phi) is 7.17. The van der Waals surface area contributed by atoms with Gasteiger partial charge in [0.25, 0.3) is 5.56 Å². The topological polar surface area (TPSA) is 67.2 Å². The van der Waals surface area contributed by atoms with Gasteiger partial charge in [0, 0.05) is 17.3 Å². The van der Waals surface area contributed by atoms with Crippen LogP contribution in [0.2, 0.25) is 5.02 Å². The van der Waals surface area contributed by atoms with E-state index < -0.39 is 17.9 Å². The number of amides is 2. The summed E-state index contributed by atoms with van der Waals surface area (Å²) >= 11 is 6.19. The second-order valence-electron chi connectivity index (χ2n) is 8.42. The van der Waals surface area contributed by atoms with Crippen LogP contribution in [0.5, 0.6) is 0 Å². The normalized spacial score (nSPS) is 11.9. The molecule has 180 valence electrons. The molecule has 3 aromatic carbocycles. The SMILES string of the molecule is CCCN(C(=O)Nc1cccc(F)c1)C(C)c1nc2cc(Cl)ccc2c(=O)n1-c1ccc(C)cc1. The number of rotatable bonds is 6. The minimum Gasteiger partial charge on any atom is -0.315 e. The van der Waals surface area contributed by atoms with Crippen LogP contribution in [0.1, 0.15) is 37.7 Å². The summed E-state index contributed by atoms with van der Waals surface area (Å²) < 4.78 is 15.2. The number of hydrogen-bond donors (Lipinski definition) is 1. The fourth-order valence-corrected chi connectivity index (χ4v) is 4.18. The van der Waals surface area contributed by atoms with Gasteiger partial charge in [0.1, 0.15) is 11.6 Å². The number of aromatic nitrogens is 2. The molecular formula is C27H26ClFN4O2. The minimum absolute atomic E-state index is 0.251. The highest BCUT2D eigenvalue weighted by Gasteiger charge is 2.26. The van der Waals surface area contributed by atoms with Gasteiger partial charge < -0.3 is 10.2 Å². The fourth-order valence-electron chi connectivity index (χ4n) is 4.01. The second kappa shape index (κ2) is 10.3. The third-order valence-electron chi connectivity index (χ3n) is 5.79. The number of urea groups is 1. The van der Waals surface area contributed by atoms with E-state index in [4.69, 9.17) is 16.6 Å². The zero-order valence-corrected chi connectivity index (χ0v) is 20.5. The molecule has 1 heterocycles. The Balaban J connectivity index is 1.84. The number of fused-ring (bicyclic) bond motifs is 1. The third kappa shape index (κ3) is 5.20. The molecule has 6 nitrogen and oxygen atoms in total. The smallest absolute Gasteiger partial charge is 0.315 e. The average Bonchev–Trinajstić information content (AvgIpc) is 2.82. The largest absolute Gasteiger partial charge is 0.322 e. The summed E-state index contributed by atoms with van der Waals surface area (Å²) in [5.41, 5.74) is 2.25. The predicted octanol–water partition coefficient (Wildman–Crippen LogP) is 6.49. The Bertz CT molecular complexity index is 1440. The molecule has 35 heavy (non-hydrogen) atoms. The van der Waals surface area contributed by atoms with Crippen molar-refractivity contribution >= 4 is 34.2 Å². The van der Waals surface area contributed by atoms with Gasteiger partial charge >= 0.3 is 6.03 Å². The zero-order valence-electron chi connectivity index (χ0n) is 19.8. The Labute approximate surface area is 208 Å². The van der Waals surface area contributed by atoms with Crippen molar-refractivity contribution in [2.24, 2.45) is 0 Å². The van der Waals surface area contributed by atoms with Gasteiger partial charge in [-0.15, -0.1) is 0 Å². The van der Waals surface area contributed by atoms with Gasteiger partial charge in [-0.05, 0) is 68.8 Å². The first-order valence-electron chi connectivity index (χ1n) is 11.4. The van der Waals surface area contributed by atoms with Crippen LogP contribution in [0.15, 0.2) is 71.5 Å². The highest BCUT2D eigenvalue weighted by Crippen LogP contribution is 2.25. The van der Waals surface area contributed by atoms with Crippen LogP contribution in [-0.2, 0) is 0 Å². The molecular weight excluding hydrogens is 467 g/mol. The Morgan fingerprint density at radius 3 is 2.57 bits per heavy atom. The van der Waals surface area contributed by atoms with E-state index in [-0.39, 0.29) is 5.56 Å². The molecule has 0 saturated carbocycles. The first kappa shape index (κ1) is 24.4. The quantitative estimate of drug-likeness (QED) is 0.334. The van der Waals surface area contributed by atoms with Gasteiger partial charge in [-0.1, -0.05) is 42.3 Å². The van der Waals surface area contributed by atoms with Gasteiger partial charge in [-0.25, -0.2) is 14.2 Å². The number of anilines is 1. The third-order valence-corrected chi connectivity index (χ3v) is 6.03. The minimum atomic E-state index is -0.583. The molecule has 1 N–H and O–H groups in total. The van der Waals surface area contributed by atoms with Crippen molar-refractivity contribution in [3.8, 4) is 5.69 Å². The lowest BCUT2D eigenvalue weighted by Crippen LogP contribution is -2.40. The van der Waals surface area contributed by atoms with Gasteiger partial charge in [0.2, 0.25) is 0 Å². The number of nitrogens with zero attached hydrogens (tertiary/aromatic N) is 3. The molecule has 1 aromatic heterocycles. The lowest BCUT2D eigenvalue weighted by Gasteiger charge is -2.30. The Hall–Kier alpha value is -3.71. The van der Waals surface area contributed by atoms with Crippen LogP contribution in [0.3, 0.4) is 0 Å². The summed E-state index contributed by atoms with van der Waals surface area (Å²) in [5, 5.41) is 3.65. The van der Waals surface area contributed by atoms with Crippen molar-refractivity contribution in [1.29, 1.82) is 0 Å². The highest BCUT2D eigenvalue weighted by atomic mass is 35.5. The maximum Gasteiger partial charge on any atom is 0.322 e. The molecule has 2 amide bonds. The molecule has 0 saturated heterocycles. The molecule has 0 aliphatic carbocycles. The molecule has 0 radical (unpaired) electrons. The molecule has 0 aliphatic heterocycles. The van der Waals surface area contributed by atoms with E-state index in [0.29, 0.717) is 46.1 Å². The number of carbonyl (C=O) groups excluding carboxylic acids is 1. The predicted molar refractivity (Wildman–Crippen MR) is 138 cm³/mol. The summed E-state index contributed by atoms with van der Waals surface area (Å²) in [6.45, 7) is 6.15. The monoisotopic (exact) mass is 492 g/mol. The van der Waals surface area contributed by atoms with Crippen molar-refractivity contribution < 1.29 is 9.18 Å². The summed E-state index contributed by atoms with van der Waals surface area (Å²) in [6.07, 6.45) is 0.676.